The van der Waals surface area contributed by atoms with Crippen molar-refractivity contribution in [2.45, 2.75) is 32.7 Å². The monoisotopic (exact) mass is 360 g/mol. The second-order valence-electron chi connectivity index (χ2n) is 7.15. The molecule has 26 heavy (non-hydrogen) atoms. The quantitative estimate of drug-likeness (QED) is 0.615. The van der Waals surface area contributed by atoms with E-state index in [9.17, 15) is 9.59 Å². The SMILES string of the molecule is C[C@@H](CCC(=O)NCCCN1CCN(Cc2ccccc2)CC1)C(N)=O. The molecule has 1 aromatic carbocycles. The van der Waals surface area contributed by atoms with Crippen LogP contribution in [0.2, 0.25) is 0 Å². The van der Waals surface area contributed by atoms with Crippen molar-refractivity contribution >= 4 is 11.8 Å². The lowest BCUT2D eigenvalue weighted by Gasteiger charge is -2.34. The van der Waals surface area contributed by atoms with Gasteiger partial charge in [-0.3, -0.25) is 14.5 Å². The van der Waals surface area contributed by atoms with E-state index in [0.29, 0.717) is 19.4 Å². The van der Waals surface area contributed by atoms with Crippen LogP contribution in [0.3, 0.4) is 0 Å². The van der Waals surface area contributed by atoms with Gasteiger partial charge in [0.05, 0.1) is 0 Å². The molecule has 1 heterocycles. The second kappa shape index (κ2) is 10.9. The lowest BCUT2D eigenvalue weighted by atomic mass is 10.1. The molecule has 3 N–H and O–H groups in total. The van der Waals surface area contributed by atoms with Crippen LogP contribution in [0, 0.1) is 5.92 Å². The first-order valence-electron chi connectivity index (χ1n) is 9.59. The summed E-state index contributed by atoms with van der Waals surface area (Å²) in [5.41, 5.74) is 6.57. The Morgan fingerprint density at radius 1 is 1.12 bits per heavy atom. The molecular formula is C20H32N4O2. The van der Waals surface area contributed by atoms with E-state index in [4.69, 9.17) is 5.73 Å². The fourth-order valence-electron chi connectivity index (χ4n) is 3.12. The summed E-state index contributed by atoms with van der Waals surface area (Å²) < 4.78 is 0. The summed E-state index contributed by atoms with van der Waals surface area (Å²) >= 11 is 0. The average Bonchev–Trinajstić information content (AvgIpc) is 2.65. The van der Waals surface area contributed by atoms with Gasteiger partial charge in [0.25, 0.3) is 0 Å². The fraction of sp³-hybridized carbons (Fsp3) is 0.600. The molecule has 1 aliphatic heterocycles. The predicted molar refractivity (Wildman–Crippen MR) is 103 cm³/mol. The van der Waals surface area contributed by atoms with Crippen molar-refractivity contribution in [3.8, 4) is 0 Å². The number of hydrogen-bond donors (Lipinski definition) is 2. The number of rotatable bonds is 10. The van der Waals surface area contributed by atoms with E-state index in [1.165, 1.54) is 5.56 Å². The minimum atomic E-state index is -0.343. The Morgan fingerprint density at radius 2 is 1.77 bits per heavy atom. The molecule has 2 rings (SSSR count). The highest BCUT2D eigenvalue weighted by molar-refractivity contribution is 5.79. The molecule has 1 saturated heterocycles. The third kappa shape index (κ3) is 7.54. The van der Waals surface area contributed by atoms with Crippen molar-refractivity contribution in [2.24, 2.45) is 11.7 Å². The Morgan fingerprint density at radius 3 is 2.42 bits per heavy atom. The molecule has 0 aromatic heterocycles. The normalized spacial score (nSPS) is 17.0. The van der Waals surface area contributed by atoms with Gasteiger partial charge in [-0.25, -0.2) is 0 Å². The molecule has 0 bridgehead atoms. The van der Waals surface area contributed by atoms with Gasteiger partial charge in [0.1, 0.15) is 0 Å². The summed E-state index contributed by atoms with van der Waals surface area (Å²) in [4.78, 5) is 27.7. The molecular weight excluding hydrogens is 328 g/mol. The highest BCUT2D eigenvalue weighted by Gasteiger charge is 2.16. The summed E-state index contributed by atoms with van der Waals surface area (Å²) in [7, 11) is 0. The van der Waals surface area contributed by atoms with Gasteiger partial charge >= 0.3 is 0 Å². The second-order valence-corrected chi connectivity index (χ2v) is 7.15. The summed E-state index contributed by atoms with van der Waals surface area (Å²) in [5.74, 6) is -0.581. The summed E-state index contributed by atoms with van der Waals surface area (Å²) in [5, 5.41) is 2.93. The Bertz CT molecular complexity index is 556. The van der Waals surface area contributed by atoms with E-state index in [1.807, 2.05) is 0 Å². The van der Waals surface area contributed by atoms with E-state index in [2.05, 4.69) is 45.4 Å². The highest BCUT2D eigenvalue weighted by atomic mass is 16.2. The number of primary amides is 1. The van der Waals surface area contributed by atoms with E-state index in [-0.39, 0.29) is 17.7 Å². The van der Waals surface area contributed by atoms with Crippen LogP contribution < -0.4 is 11.1 Å². The van der Waals surface area contributed by atoms with Gasteiger partial charge < -0.3 is 16.0 Å². The van der Waals surface area contributed by atoms with Gasteiger partial charge in [0.15, 0.2) is 0 Å². The first kappa shape index (κ1) is 20.4. The zero-order valence-corrected chi connectivity index (χ0v) is 15.8. The molecule has 144 valence electrons. The molecule has 0 unspecified atom stereocenters. The third-order valence-electron chi connectivity index (χ3n) is 4.98. The number of amides is 2. The van der Waals surface area contributed by atoms with Crippen LogP contribution in [0.5, 0.6) is 0 Å². The average molecular weight is 361 g/mol. The van der Waals surface area contributed by atoms with Crippen molar-refractivity contribution in [1.29, 1.82) is 0 Å². The lowest BCUT2D eigenvalue weighted by molar-refractivity contribution is -0.123. The van der Waals surface area contributed by atoms with Gasteiger partial charge in [-0.2, -0.15) is 0 Å². The summed E-state index contributed by atoms with van der Waals surface area (Å²) in [6.45, 7) is 8.82. The number of nitrogens with one attached hydrogen (secondary N) is 1. The minimum absolute atomic E-state index is 0.00535. The molecule has 1 fully saturated rings. The van der Waals surface area contributed by atoms with Gasteiger partial charge in [-0.1, -0.05) is 37.3 Å². The number of hydrogen-bond acceptors (Lipinski definition) is 4. The van der Waals surface area contributed by atoms with Crippen LogP contribution >= 0.6 is 0 Å². The van der Waals surface area contributed by atoms with Crippen LogP contribution in [0.15, 0.2) is 30.3 Å². The first-order valence-corrected chi connectivity index (χ1v) is 9.59. The molecule has 1 aromatic rings. The van der Waals surface area contributed by atoms with Crippen molar-refractivity contribution < 1.29 is 9.59 Å². The number of carbonyl (C=O) groups excluding carboxylic acids is 2. The van der Waals surface area contributed by atoms with Gasteiger partial charge in [-0.05, 0) is 24.9 Å². The number of benzene rings is 1. The van der Waals surface area contributed by atoms with Crippen LogP contribution in [0.4, 0.5) is 0 Å². The molecule has 0 spiro atoms. The lowest BCUT2D eigenvalue weighted by Crippen LogP contribution is -2.46. The third-order valence-corrected chi connectivity index (χ3v) is 4.98. The Labute approximate surface area is 156 Å². The Kier molecular flexibility index (Phi) is 8.58. The van der Waals surface area contributed by atoms with E-state index < -0.39 is 0 Å². The zero-order chi connectivity index (χ0) is 18.8. The zero-order valence-electron chi connectivity index (χ0n) is 15.8. The van der Waals surface area contributed by atoms with E-state index in [1.54, 1.807) is 6.92 Å². The van der Waals surface area contributed by atoms with Crippen molar-refractivity contribution in [1.82, 2.24) is 15.1 Å². The van der Waals surface area contributed by atoms with E-state index in [0.717, 1.165) is 45.7 Å². The van der Waals surface area contributed by atoms with Crippen LogP contribution in [-0.2, 0) is 16.1 Å². The van der Waals surface area contributed by atoms with E-state index >= 15 is 0 Å². The first-order chi connectivity index (χ1) is 12.5. The number of nitrogens with zero attached hydrogens (tertiary/aromatic N) is 2. The number of piperazine rings is 1. The highest BCUT2D eigenvalue weighted by Crippen LogP contribution is 2.08. The van der Waals surface area contributed by atoms with Crippen LogP contribution in [0.1, 0.15) is 31.7 Å². The maximum atomic E-state index is 11.8. The molecule has 6 nitrogen and oxygen atoms in total. The van der Waals surface area contributed by atoms with Crippen molar-refractivity contribution in [3.05, 3.63) is 35.9 Å². The van der Waals surface area contributed by atoms with Crippen molar-refractivity contribution in [2.75, 3.05) is 39.3 Å². The topological polar surface area (TPSA) is 78.7 Å². The predicted octanol–water partition coefficient (Wildman–Crippen LogP) is 1.21. The number of carbonyl (C=O) groups is 2. The standard InChI is InChI=1S/C20H32N4O2/c1-17(20(21)26)8-9-19(25)22-10-5-11-23-12-14-24(15-13-23)16-18-6-3-2-4-7-18/h2-4,6-7,17H,5,8-16H2,1H3,(H2,21,26)(H,22,25)/t17-/m0/s1. The van der Waals surface area contributed by atoms with Crippen molar-refractivity contribution in [3.63, 3.8) is 0 Å². The van der Waals surface area contributed by atoms with Gasteiger partial charge in [-0.15, -0.1) is 0 Å². The van der Waals surface area contributed by atoms with Gasteiger partial charge in [0.2, 0.25) is 11.8 Å². The molecule has 0 saturated carbocycles. The summed E-state index contributed by atoms with van der Waals surface area (Å²) in [6, 6.07) is 10.6. The molecule has 1 aliphatic rings. The van der Waals surface area contributed by atoms with Crippen LogP contribution in [-0.4, -0.2) is 60.9 Å². The Balaban J connectivity index is 1.52. The van der Waals surface area contributed by atoms with Crippen LogP contribution in [0.25, 0.3) is 0 Å². The summed E-state index contributed by atoms with van der Waals surface area (Å²) in [6.07, 6.45) is 1.84. The minimum Gasteiger partial charge on any atom is -0.369 e. The smallest absolute Gasteiger partial charge is 0.220 e. The molecule has 0 radical (unpaired) electrons. The Hall–Kier alpha value is -1.92. The van der Waals surface area contributed by atoms with Gasteiger partial charge in [0, 0.05) is 51.6 Å². The fourth-order valence-corrected chi connectivity index (χ4v) is 3.12. The molecule has 2 amide bonds. The number of nitrogens with two attached hydrogens (primary N) is 1. The molecule has 6 heteroatoms. The molecule has 1 atom stereocenters. The maximum Gasteiger partial charge on any atom is 0.220 e. The maximum absolute atomic E-state index is 11.8. The molecule has 0 aliphatic carbocycles. The largest absolute Gasteiger partial charge is 0.369 e.